The minimum atomic E-state index is -1.08. The third-order valence-electron chi connectivity index (χ3n) is 2.77. The Morgan fingerprint density at radius 2 is 1.86 bits per heavy atom. The number of nitro benzene ring substituents is 1. The monoisotopic (exact) mass is 292 g/mol. The summed E-state index contributed by atoms with van der Waals surface area (Å²) in [6.45, 7) is 1.70. The van der Waals surface area contributed by atoms with Crippen molar-refractivity contribution >= 4 is 17.3 Å². The molecule has 21 heavy (non-hydrogen) atoms. The summed E-state index contributed by atoms with van der Waals surface area (Å²) in [7, 11) is 0. The van der Waals surface area contributed by atoms with Crippen LogP contribution in [0.25, 0.3) is 0 Å². The summed E-state index contributed by atoms with van der Waals surface area (Å²) in [5, 5.41) is 12.8. The average Bonchev–Trinajstić information content (AvgIpc) is 2.41. The average molecular weight is 292 g/mol. The molecule has 108 valence electrons. The first kappa shape index (κ1) is 14.6. The Balaban J connectivity index is 2.26. The lowest BCUT2D eigenvalue weighted by molar-refractivity contribution is -0.387. The summed E-state index contributed by atoms with van der Waals surface area (Å²) in [5.41, 5.74) is -0.191. The van der Waals surface area contributed by atoms with E-state index in [1.54, 1.807) is 6.92 Å². The maximum Gasteiger partial charge on any atom is 0.304 e. The molecule has 2 aromatic rings. The van der Waals surface area contributed by atoms with E-state index in [1.807, 2.05) is 0 Å². The van der Waals surface area contributed by atoms with Crippen molar-refractivity contribution in [2.24, 2.45) is 0 Å². The predicted molar refractivity (Wildman–Crippen MR) is 72.1 cm³/mol. The quantitative estimate of drug-likeness (QED) is 0.695. The molecule has 0 aliphatic carbocycles. The maximum absolute atomic E-state index is 13.5. The molecule has 0 saturated heterocycles. The van der Waals surface area contributed by atoms with Crippen molar-refractivity contribution in [1.29, 1.82) is 0 Å². The van der Waals surface area contributed by atoms with Crippen LogP contribution < -0.4 is 5.32 Å². The zero-order chi connectivity index (χ0) is 15.6. The largest absolute Gasteiger partial charge is 0.322 e. The fourth-order valence-corrected chi connectivity index (χ4v) is 1.74. The van der Waals surface area contributed by atoms with Crippen LogP contribution in [-0.2, 0) is 0 Å². The van der Waals surface area contributed by atoms with E-state index in [0.29, 0.717) is 5.56 Å². The van der Waals surface area contributed by atoms with Gasteiger partial charge in [-0.15, -0.1) is 0 Å². The third kappa shape index (κ3) is 3.19. The molecule has 1 N–H and O–H groups in total. The van der Waals surface area contributed by atoms with Gasteiger partial charge in [0.05, 0.1) is 10.5 Å². The number of amides is 1. The third-order valence-corrected chi connectivity index (χ3v) is 2.77. The van der Waals surface area contributed by atoms with E-state index in [9.17, 15) is 23.7 Å². The van der Waals surface area contributed by atoms with Gasteiger partial charge in [0.1, 0.15) is 5.82 Å². The first-order valence-electron chi connectivity index (χ1n) is 5.90. The normalized spacial score (nSPS) is 10.2. The number of benzene rings is 2. The van der Waals surface area contributed by atoms with Crippen LogP contribution in [0.2, 0.25) is 0 Å². The number of aryl methyl sites for hydroxylation is 1. The van der Waals surface area contributed by atoms with Crippen LogP contribution in [0.4, 0.5) is 20.2 Å². The molecule has 5 nitrogen and oxygen atoms in total. The summed E-state index contributed by atoms with van der Waals surface area (Å²) in [4.78, 5) is 21.5. The fourth-order valence-electron chi connectivity index (χ4n) is 1.74. The lowest BCUT2D eigenvalue weighted by Gasteiger charge is -2.07. The van der Waals surface area contributed by atoms with Gasteiger partial charge in [-0.3, -0.25) is 14.9 Å². The van der Waals surface area contributed by atoms with Crippen molar-refractivity contribution in [3.05, 3.63) is 69.3 Å². The molecule has 0 aliphatic rings. The smallest absolute Gasteiger partial charge is 0.304 e. The standard InChI is InChI=1S/C14H10F2N2O3/c1-8-2-4-11(15)10(6-8)14(19)17-9-3-5-13(18(20)21)12(16)7-9/h2-7H,1H3,(H,17,19). The van der Waals surface area contributed by atoms with Gasteiger partial charge in [0.15, 0.2) is 0 Å². The van der Waals surface area contributed by atoms with Crippen LogP contribution in [0.3, 0.4) is 0 Å². The number of nitrogens with one attached hydrogen (secondary N) is 1. The molecule has 0 aliphatic heterocycles. The summed E-state index contributed by atoms with van der Waals surface area (Å²) >= 11 is 0. The molecule has 1 amide bonds. The molecule has 0 spiro atoms. The lowest BCUT2D eigenvalue weighted by Crippen LogP contribution is -2.14. The Hall–Kier alpha value is -2.83. The second kappa shape index (κ2) is 5.66. The van der Waals surface area contributed by atoms with E-state index in [4.69, 9.17) is 0 Å². The molecule has 2 rings (SSSR count). The minimum absolute atomic E-state index is 0.00371. The van der Waals surface area contributed by atoms with Gasteiger partial charge >= 0.3 is 5.69 Å². The van der Waals surface area contributed by atoms with Crippen molar-refractivity contribution in [3.63, 3.8) is 0 Å². The lowest BCUT2D eigenvalue weighted by atomic mass is 10.1. The molecule has 7 heteroatoms. The van der Waals surface area contributed by atoms with Crippen molar-refractivity contribution in [1.82, 2.24) is 0 Å². The molecule has 0 unspecified atom stereocenters. The van der Waals surface area contributed by atoms with Crippen LogP contribution in [0.15, 0.2) is 36.4 Å². The van der Waals surface area contributed by atoms with Crippen LogP contribution in [0.1, 0.15) is 15.9 Å². The van der Waals surface area contributed by atoms with E-state index < -0.39 is 28.2 Å². The number of halogens is 2. The molecule has 0 fully saturated rings. The van der Waals surface area contributed by atoms with Gasteiger partial charge in [-0.1, -0.05) is 11.6 Å². The van der Waals surface area contributed by atoms with Gasteiger partial charge in [-0.25, -0.2) is 4.39 Å². The van der Waals surface area contributed by atoms with Crippen molar-refractivity contribution in [2.75, 3.05) is 5.32 Å². The van der Waals surface area contributed by atoms with E-state index in [-0.39, 0.29) is 11.3 Å². The Morgan fingerprint density at radius 1 is 1.14 bits per heavy atom. The van der Waals surface area contributed by atoms with Gasteiger partial charge in [-0.2, -0.15) is 4.39 Å². The molecule has 0 radical (unpaired) electrons. The van der Waals surface area contributed by atoms with Gasteiger partial charge in [0.25, 0.3) is 5.91 Å². The van der Waals surface area contributed by atoms with Crippen LogP contribution in [0, 0.1) is 28.7 Å². The van der Waals surface area contributed by atoms with E-state index >= 15 is 0 Å². The van der Waals surface area contributed by atoms with Gasteiger partial charge in [0, 0.05) is 17.8 Å². The predicted octanol–water partition coefficient (Wildman–Crippen LogP) is 3.43. The number of nitrogens with zero attached hydrogens (tertiary/aromatic N) is 1. The first-order valence-corrected chi connectivity index (χ1v) is 5.90. The number of carbonyl (C=O) groups excluding carboxylic acids is 1. The fraction of sp³-hybridized carbons (Fsp3) is 0.0714. The number of hydrogen-bond donors (Lipinski definition) is 1. The molecule has 0 atom stereocenters. The molecule has 0 aromatic heterocycles. The number of nitro groups is 1. The SMILES string of the molecule is Cc1ccc(F)c(C(=O)Nc2ccc([N+](=O)[O-])c(F)c2)c1. The van der Waals surface area contributed by atoms with E-state index in [0.717, 1.165) is 18.2 Å². The molecule has 2 aromatic carbocycles. The topological polar surface area (TPSA) is 72.2 Å². The first-order chi connectivity index (χ1) is 9.88. The molecule has 0 saturated carbocycles. The number of hydrogen-bond acceptors (Lipinski definition) is 3. The van der Waals surface area contributed by atoms with Crippen LogP contribution in [0.5, 0.6) is 0 Å². The Bertz CT molecular complexity index is 732. The molecular weight excluding hydrogens is 282 g/mol. The molecule has 0 bridgehead atoms. The maximum atomic E-state index is 13.5. The molecule has 0 heterocycles. The Morgan fingerprint density at radius 3 is 2.48 bits per heavy atom. The van der Waals surface area contributed by atoms with Gasteiger partial charge < -0.3 is 5.32 Å². The minimum Gasteiger partial charge on any atom is -0.322 e. The van der Waals surface area contributed by atoms with Crippen molar-refractivity contribution in [2.45, 2.75) is 6.92 Å². The zero-order valence-electron chi connectivity index (χ0n) is 10.9. The van der Waals surface area contributed by atoms with Gasteiger partial charge in [0.2, 0.25) is 5.82 Å². The Labute approximate surface area is 118 Å². The van der Waals surface area contributed by atoms with Crippen molar-refractivity contribution in [3.8, 4) is 0 Å². The van der Waals surface area contributed by atoms with E-state index in [1.165, 1.54) is 18.2 Å². The summed E-state index contributed by atoms with van der Waals surface area (Å²) < 4.78 is 27.0. The number of carbonyl (C=O) groups is 1. The summed E-state index contributed by atoms with van der Waals surface area (Å²) in [5.74, 6) is -2.55. The van der Waals surface area contributed by atoms with Crippen molar-refractivity contribution < 1.29 is 18.5 Å². The zero-order valence-corrected chi connectivity index (χ0v) is 10.9. The number of rotatable bonds is 3. The molecular formula is C14H10F2N2O3. The summed E-state index contributed by atoms with van der Waals surface area (Å²) in [6.07, 6.45) is 0. The Kier molecular flexibility index (Phi) is 3.93. The summed E-state index contributed by atoms with van der Waals surface area (Å²) in [6, 6.07) is 6.93. The highest BCUT2D eigenvalue weighted by Crippen LogP contribution is 2.21. The van der Waals surface area contributed by atoms with Crippen LogP contribution >= 0.6 is 0 Å². The van der Waals surface area contributed by atoms with E-state index in [2.05, 4.69) is 5.32 Å². The van der Waals surface area contributed by atoms with Crippen LogP contribution in [-0.4, -0.2) is 10.8 Å². The second-order valence-corrected chi connectivity index (χ2v) is 4.36. The second-order valence-electron chi connectivity index (χ2n) is 4.36. The van der Waals surface area contributed by atoms with Gasteiger partial charge in [-0.05, 0) is 25.1 Å². The number of anilines is 1. The highest BCUT2D eigenvalue weighted by Gasteiger charge is 2.16. The highest BCUT2D eigenvalue weighted by molar-refractivity contribution is 6.04. The highest BCUT2D eigenvalue weighted by atomic mass is 19.1.